The molecule has 0 saturated carbocycles. The highest BCUT2D eigenvalue weighted by atomic mass is 19.1. The highest BCUT2D eigenvalue weighted by Crippen LogP contribution is 2.14. The molecule has 102 valence electrons. The SMILES string of the molecule is CN(C)CCOCCNCc1cc(O)cc(F)c1. The third kappa shape index (κ3) is 6.54. The number of ether oxygens (including phenoxy) is 1. The van der Waals surface area contributed by atoms with Gasteiger partial charge in [0.15, 0.2) is 0 Å². The summed E-state index contributed by atoms with van der Waals surface area (Å²) in [5, 5.41) is 12.3. The molecule has 0 spiro atoms. The van der Waals surface area contributed by atoms with Gasteiger partial charge in [0.2, 0.25) is 0 Å². The van der Waals surface area contributed by atoms with Gasteiger partial charge in [0, 0.05) is 25.7 Å². The Hall–Kier alpha value is -1.17. The molecule has 0 unspecified atom stereocenters. The quantitative estimate of drug-likeness (QED) is 0.686. The van der Waals surface area contributed by atoms with Crippen LogP contribution in [0.4, 0.5) is 4.39 Å². The van der Waals surface area contributed by atoms with E-state index < -0.39 is 5.82 Å². The average molecular weight is 256 g/mol. The Kier molecular flexibility index (Phi) is 6.64. The zero-order chi connectivity index (χ0) is 13.4. The summed E-state index contributed by atoms with van der Waals surface area (Å²) in [7, 11) is 4.00. The highest BCUT2D eigenvalue weighted by Gasteiger charge is 1.99. The second-order valence-corrected chi connectivity index (χ2v) is 4.41. The van der Waals surface area contributed by atoms with Crippen molar-refractivity contribution in [3.63, 3.8) is 0 Å². The van der Waals surface area contributed by atoms with E-state index in [0.717, 1.165) is 18.2 Å². The number of likely N-dealkylation sites (N-methyl/N-ethyl adjacent to an activating group) is 1. The fourth-order valence-electron chi connectivity index (χ4n) is 1.46. The summed E-state index contributed by atoms with van der Waals surface area (Å²) >= 11 is 0. The fraction of sp³-hybridized carbons (Fsp3) is 0.538. The Morgan fingerprint density at radius 2 is 2.06 bits per heavy atom. The molecule has 0 aliphatic heterocycles. The number of benzene rings is 1. The number of phenols is 1. The lowest BCUT2D eigenvalue weighted by Crippen LogP contribution is -2.23. The van der Waals surface area contributed by atoms with Gasteiger partial charge in [0.1, 0.15) is 11.6 Å². The topological polar surface area (TPSA) is 44.7 Å². The van der Waals surface area contributed by atoms with Crippen molar-refractivity contribution in [1.29, 1.82) is 0 Å². The lowest BCUT2D eigenvalue weighted by molar-refractivity contribution is 0.119. The summed E-state index contributed by atoms with van der Waals surface area (Å²) in [6.45, 7) is 3.44. The molecule has 0 atom stereocenters. The Morgan fingerprint density at radius 1 is 1.28 bits per heavy atom. The fourth-order valence-corrected chi connectivity index (χ4v) is 1.46. The second-order valence-electron chi connectivity index (χ2n) is 4.41. The van der Waals surface area contributed by atoms with Crippen LogP contribution in [0.1, 0.15) is 5.56 Å². The summed E-state index contributed by atoms with van der Waals surface area (Å²) < 4.78 is 18.4. The third-order valence-electron chi connectivity index (χ3n) is 2.38. The van der Waals surface area contributed by atoms with Gasteiger partial charge in [0.05, 0.1) is 13.2 Å². The molecule has 4 nitrogen and oxygen atoms in total. The van der Waals surface area contributed by atoms with Crippen molar-refractivity contribution in [3.8, 4) is 5.75 Å². The van der Waals surface area contributed by atoms with E-state index in [1.54, 1.807) is 6.07 Å². The maximum atomic E-state index is 13.0. The van der Waals surface area contributed by atoms with E-state index in [-0.39, 0.29) is 5.75 Å². The third-order valence-corrected chi connectivity index (χ3v) is 2.38. The van der Waals surface area contributed by atoms with Crippen LogP contribution in [0.3, 0.4) is 0 Å². The number of nitrogens with zero attached hydrogens (tertiary/aromatic N) is 1. The standard InChI is InChI=1S/C13H21FN2O2/c1-16(2)4-6-18-5-3-15-10-11-7-12(14)9-13(17)8-11/h7-9,15,17H,3-6,10H2,1-2H3. The summed E-state index contributed by atoms with van der Waals surface area (Å²) in [4.78, 5) is 2.06. The first-order valence-electron chi connectivity index (χ1n) is 5.99. The second kappa shape index (κ2) is 8.02. The van der Waals surface area contributed by atoms with Crippen molar-refractivity contribution in [2.75, 3.05) is 40.4 Å². The maximum Gasteiger partial charge on any atom is 0.127 e. The predicted molar refractivity (Wildman–Crippen MR) is 69.1 cm³/mol. The largest absolute Gasteiger partial charge is 0.508 e. The molecule has 0 radical (unpaired) electrons. The Bertz CT molecular complexity index is 339. The van der Waals surface area contributed by atoms with Crippen molar-refractivity contribution in [2.24, 2.45) is 0 Å². The molecule has 0 aliphatic rings. The number of hydrogen-bond acceptors (Lipinski definition) is 4. The molecule has 1 aromatic carbocycles. The number of halogens is 1. The van der Waals surface area contributed by atoms with Crippen molar-refractivity contribution < 1.29 is 14.2 Å². The van der Waals surface area contributed by atoms with Gasteiger partial charge in [-0.3, -0.25) is 0 Å². The summed E-state index contributed by atoms with van der Waals surface area (Å²) in [6, 6.07) is 4.04. The van der Waals surface area contributed by atoms with Crippen LogP contribution in [0, 0.1) is 5.82 Å². The molecular formula is C13H21FN2O2. The average Bonchev–Trinajstić information content (AvgIpc) is 2.26. The van der Waals surface area contributed by atoms with Crippen LogP contribution in [0.2, 0.25) is 0 Å². The number of rotatable bonds is 8. The number of hydrogen-bond donors (Lipinski definition) is 2. The van der Waals surface area contributed by atoms with Crippen LogP contribution in [-0.4, -0.2) is 50.4 Å². The number of aromatic hydroxyl groups is 1. The summed E-state index contributed by atoms with van der Waals surface area (Å²) in [6.07, 6.45) is 0. The lowest BCUT2D eigenvalue weighted by atomic mass is 10.2. The minimum atomic E-state index is -0.422. The van der Waals surface area contributed by atoms with Crippen LogP contribution in [0.15, 0.2) is 18.2 Å². The van der Waals surface area contributed by atoms with Gasteiger partial charge in [-0.2, -0.15) is 0 Å². The van der Waals surface area contributed by atoms with Crippen LogP contribution in [-0.2, 0) is 11.3 Å². The molecule has 2 N–H and O–H groups in total. The van der Waals surface area contributed by atoms with E-state index >= 15 is 0 Å². The molecule has 18 heavy (non-hydrogen) atoms. The zero-order valence-electron chi connectivity index (χ0n) is 10.9. The summed E-state index contributed by atoms with van der Waals surface area (Å²) in [5.74, 6) is -0.469. The first kappa shape index (κ1) is 14.9. The minimum Gasteiger partial charge on any atom is -0.508 e. The van der Waals surface area contributed by atoms with E-state index in [4.69, 9.17) is 4.74 Å². The molecule has 0 aliphatic carbocycles. The van der Waals surface area contributed by atoms with Gasteiger partial charge in [0.25, 0.3) is 0 Å². The van der Waals surface area contributed by atoms with Crippen LogP contribution in [0.25, 0.3) is 0 Å². The van der Waals surface area contributed by atoms with E-state index in [9.17, 15) is 9.50 Å². The van der Waals surface area contributed by atoms with E-state index in [2.05, 4.69) is 10.2 Å². The minimum absolute atomic E-state index is 0.0472. The Morgan fingerprint density at radius 3 is 2.72 bits per heavy atom. The van der Waals surface area contributed by atoms with Gasteiger partial charge < -0.3 is 20.1 Å². The molecule has 0 amide bonds. The van der Waals surface area contributed by atoms with E-state index in [0.29, 0.717) is 26.3 Å². The van der Waals surface area contributed by atoms with E-state index in [1.165, 1.54) is 6.07 Å². The van der Waals surface area contributed by atoms with Crippen LogP contribution < -0.4 is 5.32 Å². The first-order valence-corrected chi connectivity index (χ1v) is 5.99. The lowest BCUT2D eigenvalue weighted by Gasteiger charge is -2.10. The molecule has 1 rings (SSSR count). The highest BCUT2D eigenvalue weighted by molar-refractivity contribution is 5.28. The van der Waals surface area contributed by atoms with Crippen molar-refractivity contribution in [2.45, 2.75) is 6.54 Å². The van der Waals surface area contributed by atoms with Gasteiger partial charge in [-0.05, 0) is 31.8 Å². The predicted octanol–water partition coefficient (Wildman–Crippen LogP) is 1.20. The van der Waals surface area contributed by atoms with Gasteiger partial charge >= 0.3 is 0 Å². The first-order chi connectivity index (χ1) is 8.58. The Labute approximate surface area is 107 Å². The van der Waals surface area contributed by atoms with Crippen molar-refractivity contribution in [1.82, 2.24) is 10.2 Å². The smallest absolute Gasteiger partial charge is 0.127 e. The molecule has 0 fully saturated rings. The molecule has 0 aromatic heterocycles. The maximum absolute atomic E-state index is 13.0. The van der Waals surface area contributed by atoms with Crippen molar-refractivity contribution in [3.05, 3.63) is 29.6 Å². The zero-order valence-corrected chi connectivity index (χ0v) is 10.9. The van der Waals surface area contributed by atoms with E-state index in [1.807, 2.05) is 14.1 Å². The van der Waals surface area contributed by atoms with Crippen LogP contribution in [0.5, 0.6) is 5.75 Å². The number of phenolic OH excluding ortho intramolecular Hbond substituents is 1. The molecule has 0 heterocycles. The summed E-state index contributed by atoms with van der Waals surface area (Å²) in [5.41, 5.74) is 0.723. The Balaban J connectivity index is 2.10. The van der Waals surface area contributed by atoms with Crippen molar-refractivity contribution >= 4 is 0 Å². The van der Waals surface area contributed by atoms with Crippen LogP contribution >= 0.6 is 0 Å². The van der Waals surface area contributed by atoms with Gasteiger partial charge in [-0.25, -0.2) is 4.39 Å². The molecule has 5 heteroatoms. The molecule has 0 bridgehead atoms. The molecular weight excluding hydrogens is 235 g/mol. The molecule has 0 saturated heterocycles. The number of nitrogens with one attached hydrogen (secondary N) is 1. The monoisotopic (exact) mass is 256 g/mol. The van der Waals surface area contributed by atoms with Gasteiger partial charge in [-0.1, -0.05) is 0 Å². The normalized spacial score (nSPS) is 11.1. The van der Waals surface area contributed by atoms with Gasteiger partial charge in [-0.15, -0.1) is 0 Å². The molecule has 1 aromatic rings.